The Bertz CT molecular complexity index is 379. The highest BCUT2D eigenvalue weighted by Crippen LogP contribution is 2.22. The molecule has 3 heterocycles. The van der Waals surface area contributed by atoms with Crippen LogP contribution in [0.25, 0.3) is 0 Å². The molecule has 3 atom stereocenters. The first-order chi connectivity index (χ1) is 10.3. The maximum Gasteiger partial charge on any atom is 0.193 e. The van der Waals surface area contributed by atoms with Gasteiger partial charge in [-0.2, -0.15) is 0 Å². The number of ether oxygens (including phenoxy) is 1. The van der Waals surface area contributed by atoms with E-state index >= 15 is 0 Å². The fourth-order valence-electron chi connectivity index (χ4n) is 3.93. The van der Waals surface area contributed by atoms with Crippen LogP contribution in [0.5, 0.6) is 0 Å². The van der Waals surface area contributed by atoms with Crippen LogP contribution in [-0.4, -0.2) is 74.3 Å². The predicted molar refractivity (Wildman–Crippen MR) is 101 cm³/mol. The van der Waals surface area contributed by atoms with Crippen molar-refractivity contribution in [2.45, 2.75) is 44.8 Å². The van der Waals surface area contributed by atoms with Gasteiger partial charge in [0.05, 0.1) is 12.7 Å². The summed E-state index contributed by atoms with van der Waals surface area (Å²) in [5.74, 6) is 1.82. The molecule has 3 fully saturated rings. The summed E-state index contributed by atoms with van der Waals surface area (Å²) in [6, 6.07) is 0.684. The molecule has 0 bridgehead atoms. The van der Waals surface area contributed by atoms with Crippen molar-refractivity contribution in [2.24, 2.45) is 10.9 Å². The lowest BCUT2D eigenvalue weighted by molar-refractivity contribution is -0.0455. The van der Waals surface area contributed by atoms with Crippen LogP contribution in [0.3, 0.4) is 0 Å². The van der Waals surface area contributed by atoms with Gasteiger partial charge in [-0.05, 0) is 38.1 Å². The molecule has 0 amide bonds. The van der Waals surface area contributed by atoms with Crippen LogP contribution in [0, 0.1) is 5.92 Å². The summed E-state index contributed by atoms with van der Waals surface area (Å²) in [5, 5.41) is 3.53. The minimum Gasteiger partial charge on any atom is -0.373 e. The largest absolute Gasteiger partial charge is 0.373 e. The van der Waals surface area contributed by atoms with Gasteiger partial charge in [0.15, 0.2) is 5.96 Å². The van der Waals surface area contributed by atoms with Crippen LogP contribution in [0.1, 0.15) is 32.6 Å². The van der Waals surface area contributed by atoms with Crippen molar-refractivity contribution >= 4 is 29.9 Å². The van der Waals surface area contributed by atoms with Crippen molar-refractivity contribution in [1.82, 2.24) is 15.1 Å². The molecular weight excluding hydrogens is 391 g/mol. The lowest BCUT2D eigenvalue weighted by atomic mass is 10.0. The van der Waals surface area contributed by atoms with E-state index in [1.54, 1.807) is 0 Å². The zero-order valence-electron chi connectivity index (χ0n) is 14.0. The van der Waals surface area contributed by atoms with Gasteiger partial charge in [0.1, 0.15) is 0 Å². The predicted octanol–water partition coefficient (Wildman–Crippen LogP) is 1.77. The highest BCUT2D eigenvalue weighted by molar-refractivity contribution is 14.0. The maximum atomic E-state index is 6.02. The van der Waals surface area contributed by atoms with E-state index < -0.39 is 0 Å². The third kappa shape index (κ3) is 4.47. The molecule has 0 spiro atoms. The zero-order chi connectivity index (χ0) is 14.7. The molecule has 3 aliphatic heterocycles. The van der Waals surface area contributed by atoms with Crippen molar-refractivity contribution in [2.75, 3.05) is 46.4 Å². The summed E-state index contributed by atoms with van der Waals surface area (Å²) < 4.78 is 6.02. The molecule has 22 heavy (non-hydrogen) atoms. The van der Waals surface area contributed by atoms with E-state index in [4.69, 9.17) is 4.74 Å². The van der Waals surface area contributed by atoms with Crippen LogP contribution >= 0.6 is 24.0 Å². The Balaban J connectivity index is 0.00000176. The highest BCUT2D eigenvalue weighted by atomic mass is 127. The molecule has 3 aliphatic rings. The van der Waals surface area contributed by atoms with Crippen LogP contribution in [0.2, 0.25) is 0 Å². The molecule has 0 aromatic rings. The summed E-state index contributed by atoms with van der Waals surface area (Å²) in [4.78, 5) is 9.46. The van der Waals surface area contributed by atoms with Crippen LogP contribution in [-0.2, 0) is 4.74 Å². The fraction of sp³-hybridized carbons (Fsp3) is 0.938. The first-order valence-electron chi connectivity index (χ1n) is 8.57. The topological polar surface area (TPSA) is 40.1 Å². The van der Waals surface area contributed by atoms with Gasteiger partial charge in [-0.15, -0.1) is 24.0 Å². The van der Waals surface area contributed by atoms with Gasteiger partial charge in [-0.25, -0.2) is 0 Å². The number of guanidine groups is 1. The number of morpholine rings is 1. The summed E-state index contributed by atoms with van der Waals surface area (Å²) >= 11 is 0. The van der Waals surface area contributed by atoms with Crippen molar-refractivity contribution in [3.63, 3.8) is 0 Å². The lowest BCUT2D eigenvalue weighted by Gasteiger charge is -2.37. The smallest absolute Gasteiger partial charge is 0.193 e. The van der Waals surface area contributed by atoms with Crippen molar-refractivity contribution < 1.29 is 4.74 Å². The average molecular weight is 422 g/mol. The molecule has 1 N–H and O–H groups in total. The van der Waals surface area contributed by atoms with E-state index in [1.807, 2.05) is 7.05 Å². The van der Waals surface area contributed by atoms with Crippen molar-refractivity contribution in [1.29, 1.82) is 0 Å². The molecule has 3 unspecified atom stereocenters. The second-order valence-electron chi connectivity index (χ2n) is 6.87. The van der Waals surface area contributed by atoms with E-state index in [1.165, 1.54) is 32.2 Å². The second-order valence-corrected chi connectivity index (χ2v) is 6.87. The van der Waals surface area contributed by atoms with Crippen molar-refractivity contribution in [3.05, 3.63) is 0 Å². The van der Waals surface area contributed by atoms with Crippen LogP contribution in [0.15, 0.2) is 4.99 Å². The molecule has 3 saturated heterocycles. The number of piperidine rings is 1. The second kappa shape index (κ2) is 8.68. The number of hydrogen-bond acceptors (Lipinski definition) is 3. The Morgan fingerprint density at radius 1 is 1.23 bits per heavy atom. The highest BCUT2D eigenvalue weighted by Gasteiger charge is 2.32. The Labute approximate surface area is 151 Å². The summed E-state index contributed by atoms with van der Waals surface area (Å²) in [6.45, 7) is 8.70. The normalized spacial score (nSPS) is 33.3. The number of nitrogens with one attached hydrogen (secondary N) is 1. The van der Waals surface area contributed by atoms with E-state index in [2.05, 4.69) is 27.0 Å². The van der Waals surface area contributed by atoms with Crippen molar-refractivity contribution in [3.8, 4) is 0 Å². The molecule has 0 aliphatic carbocycles. The van der Waals surface area contributed by atoms with E-state index in [0.29, 0.717) is 12.1 Å². The standard InChI is InChI=1S/C16H30N4O.HI/c1-13-5-3-8-20(10-13)16(17-2)18-9-15-11-19-7-4-6-14(19)12-21-15;/h13-15H,3-12H2,1-2H3,(H,17,18);1H. The van der Waals surface area contributed by atoms with E-state index in [9.17, 15) is 0 Å². The molecule has 128 valence electrons. The van der Waals surface area contributed by atoms with Gasteiger partial charge >= 0.3 is 0 Å². The summed E-state index contributed by atoms with van der Waals surface area (Å²) in [5.41, 5.74) is 0. The Morgan fingerprint density at radius 2 is 2.05 bits per heavy atom. The Morgan fingerprint density at radius 3 is 2.82 bits per heavy atom. The van der Waals surface area contributed by atoms with Gasteiger partial charge in [0.25, 0.3) is 0 Å². The van der Waals surface area contributed by atoms with Gasteiger partial charge in [-0.3, -0.25) is 9.89 Å². The molecular formula is C16H31IN4O. The Kier molecular flexibility index (Phi) is 7.21. The van der Waals surface area contributed by atoms with Gasteiger partial charge < -0.3 is 15.0 Å². The number of fused-ring (bicyclic) bond motifs is 1. The minimum absolute atomic E-state index is 0. The van der Waals surface area contributed by atoms with E-state index in [0.717, 1.165) is 44.7 Å². The third-order valence-electron chi connectivity index (χ3n) is 5.12. The quantitative estimate of drug-likeness (QED) is 0.419. The summed E-state index contributed by atoms with van der Waals surface area (Å²) in [7, 11) is 1.89. The van der Waals surface area contributed by atoms with Gasteiger partial charge in [0, 0.05) is 39.3 Å². The molecule has 5 nitrogen and oxygen atoms in total. The molecule has 0 radical (unpaired) electrons. The first kappa shape index (κ1) is 18.3. The number of likely N-dealkylation sites (tertiary alicyclic amines) is 1. The lowest BCUT2D eigenvalue weighted by Crippen LogP contribution is -2.53. The number of halogens is 1. The number of aliphatic imine (C=N–C) groups is 1. The van der Waals surface area contributed by atoms with E-state index in [-0.39, 0.29) is 24.0 Å². The number of rotatable bonds is 2. The number of nitrogens with zero attached hydrogens (tertiary/aromatic N) is 3. The maximum absolute atomic E-state index is 6.02. The zero-order valence-corrected chi connectivity index (χ0v) is 16.3. The molecule has 0 aromatic carbocycles. The SMILES string of the molecule is CN=C(NCC1CN2CCCC2CO1)N1CCCC(C)C1.I. The van der Waals surface area contributed by atoms with Gasteiger partial charge in [-0.1, -0.05) is 6.92 Å². The minimum atomic E-state index is 0. The summed E-state index contributed by atoms with van der Waals surface area (Å²) in [6.07, 6.45) is 5.57. The molecule has 0 aromatic heterocycles. The molecule has 0 saturated carbocycles. The number of hydrogen-bond donors (Lipinski definition) is 1. The molecule has 3 rings (SSSR count). The van der Waals surface area contributed by atoms with Crippen LogP contribution in [0.4, 0.5) is 0 Å². The first-order valence-corrected chi connectivity index (χ1v) is 8.57. The Hall–Kier alpha value is -0.0800. The molecule has 6 heteroatoms. The van der Waals surface area contributed by atoms with Crippen LogP contribution < -0.4 is 5.32 Å². The van der Waals surface area contributed by atoms with Gasteiger partial charge in [0.2, 0.25) is 0 Å². The monoisotopic (exact) mass is 422 g/mol. The average Bonchev–Trinajstić information content (AvgIpc) is 2.95. The fourth-order valence-corrected chi connectivity index (χ4v) is 3.93. The third-order valence-corrected chi connectivity index (χ3v) is 5.12.